The monoisotopic (exact) mass is 338 g/mol. The Morgan fingerprint density at radius 2 is 2.26 bits per heavy atom. The van der Waals surface area contributed by atoms with Crippen molar-refractivity contribution in [2.45, 2.75) is 19.8 Å². The van der Waals surface area contributed by atoms with E-state index in [1.165, 1.54) is 0 Å². The maximum absolute atomic E-state index is 12.8. The number of nitrogens with zero attached hydrogens (tertiary/aromatic N) is 2. The number of halogens is 3. The molecule has 1 aromatic heterocycles. The number of alkyl halides is 2. The highest BCUT2D eigenvalue weighted by atomic mass is 79.9. The highest BCUT2D eigenvalue weighted by Crippen LogP contribution is 2.30. The van der Waals surface area contributed by atoms with Gasteiger partial charge in [-0.15, -0.1) is 0 Å². The first-order valence-electron chi connectivity index (χ1n) is 5.14. The number of hydrogen-bond acceptors (Lipinski definition) is 5. The van der Waals surface area contributed by atoms with Crippen molar-refractivity contribution in [1.82, 2.24) is 4.98 Å². The van der Waals surface area contributed by atoms with Crippen molar-refractivity contribution in [3.05, 3.63) is 31.9 Å². The topological polar surface area (TPSA) is 82.3 Å². The molecule has 9 heteroatoms. The van der Waals surface area contributed by atoms with E-state index in [4.69, 9.17) is 0 Å². The molecular weight excluding hydrogens is 330 g/mol. The second kappa shape index (κ2) is 6.50. The Morgan fingerprint density at radius 3 is 2.74 bits per heavy atom. The summed E-state index contributed by atoms with van der Waals surface area (Å²) >= 11 is 2.93. The van der Waals surface area contributed by atoms with Crippen LogP contribution in [0.5, 0.6) is 0 Å². The number of esters is 1. The van der Waals surface area contributed by atoms with Crippen molar-refractivity contribution in [3.8, 4) is 0 Å². The zero-order chi connectivity index (χ0) is 14.6. The predicted molar refractivity (Wildman–Crippen MR) is 63.9 cm³/mol. The van der Waals surface area contributed by atoms with Gasteiger partial charge >= 0.3 is 18.2 Å². The van der Waals surface area contributed by atoms with E-state index in [-0.39, 0.29) is 16.6 Å². The fraction of sp³-hybridized carbons (Fsp3) is 0.400. The standard InChI is InChI=1S/C10H9BrF2N2O4/c1-2-19-8(16)3-5-6(11)4-7(15(17)18)14-9(5)10(12)13/h4,10H,2-3H2,1H3. The Balaban J connectivity index is 3.22. The van der Waals surface area contributed by atoms with E-state index in [1.54, 1.807) is 6.92 Å². The number of pyridine rings is 1. The van der Waals surface area contributed by atoms with Crippen LogP contribution in [0.4, 0.5) is 14.6 Å². The van der Waals surface area contributed by atoms with Gasteiger partial charge in [-0.05, 0) is 16.8 Å². The van der Waals surface area contributed by atoms with Gasteiger partial charge in [-0.3, -0.25) is 4.79 Å². The summed E-state index contributed by atoms with van der Waals surface area (Å²) in [4.78, 5) is 24.2. The molecule has 1 aromatic rings. The number of nitro groups is 1. The Hall–Kier alpha value is -1.64. The van der Waals surface area contributed by atoms with Gasteiger partial charge in [0.2, 0.25) is 5.69 Å². The molecule has 0 aliphatic carbocycles. The lowest BCUT2D eigenvalue weighted by molar-refractivity contribution is -0.389. The zero-order valence-corrected chi connectivity index (χ0v) is 11.3. The van der Waals surface area contributed by atoms with Crippen LogP contribution in [-0.2, 0) is 16.0 Å². The minimum absolute atomic E-state index is 0.0255. The van der Waals surface area contributed by atoms with Gasteiger partial charge in [0.1, 0.15) is 0 Å². The summed E-state index contributed by atoms with van der Waals surface area (Å²) in [5.74, 6) is -1.42. The van der Waals surface area contributed by atoms with Crippen LogP contribution in [0, 0.1) is 10.1 Å². The van der Waals surface area contributed by atoms with E-state index in [2.05, 4.69) is 25.7 Å². The molecule has 0 aromatic carbocycles. The first kappa shape index (κ1) is 15.4. The fourth-order valence-electron chi connectivity index (χ4n) is 1.35. The molecule has 0 N–H and O–H groups in total. The molecule has 0 amide bonds. The molecule has 19 heavy (non-hydrogen) atoms. The smallest absolute Gasteiger partial charge is 0.365 e. The van der Waals surface area contributed by atoms with Gasteiger partial charge in [-0.25, -0.2) is 8.78 Å². The molecule has 0 spiro atoms. The summed E-state index contributed by atoms with van der Waals surface area (Å²) in [6.07, 6.45) is -3.46. The van der Waals surface area contributed by atoms with Gasteiger partial charge in [0.15, 0.2) is 0 Å². The first-order chi connectivity index (χ1) is 8.86. The molecule has 0 unspecified atom stereocenters. The minimum atomic E-state index is -3.03. The van der Waals surface area contributed by atoms with E-state index in [1.807, 2.05) is 0 Å². The zero-order valence-electron chi connectivity index (χ0n) is 9.73. The molecule has 0 aliphatic heterocycles. The third-order valence-electron chi connectivity index (χ3n) is 2.11. The van der Waals surface area contributed by atoms with Gasteiger partial charge in [0.05, 0.1) is 19.1 Å². The molecule has 1 rings (SSSR count). The van der Waals surface area contributed by atoms with Crippen LogP contribution in [-0.4, -0.2) is 22.5 Å². The SMILES string of the molecule is CCOC(=O)Cc1c(Br)cc([N+](=O)[O-])nc1C(F)F. The van der Waals surface area contributed by atoms with E-state index in [0.717, 1.165) is 6.07 Å². The lowest BCUT2D eigenvalue weighted by Gasteiger charge is -2.07. The summed E-state index contributed by atoms with van der Waals surface area (Å²) < 4.78 is 30.3. The van der Waals surface area contributed by atoms with Crippen LogP contribution in [0.25, 0.3) is 0 Å². The van der Waals surface area contributed by atoms with Crippen molar-refractivity contribution >= 4 is 27.7 Å². The average molecular weight is 339 g/mol. The summed E-state index contributed by atoms with van der Waals surface area (Å²) in [7, 11) is 0. The maximum atomic E-state index is 12.8. The lowest BCUT2D eigenvalue weighted by atomic mass is 10.1. The van der Waals surface area contributed by atoms with Crippen molar-refractivity contribution in [2.75, 3.05) is 6.61 Å². The molecule has 0 bridgehead atoms. The summed E-state index contributed by atoms with van der Waals surface area (Å²) in [5, 5.41) is 10.5. The van der Waals surface area contributed by atoms with E-state index in [0.29, 0.717) is 0 Å². The molecule has 1 heterocycles. The molecular formula is C10H9BrF2N2O4. The Labute approximate surface area is 115 Å². The van der Waals surface area contributed by atoms with Crippen molar-refractivity contribution < 1.29 is 23.2 Å². The molecule has 0 radical (unpaired) electrons. The van der Waals surface area contributed by atoms with Gasteiger partial charge in [0, 0.05) is 10.0 Å². The van der Waals surface area contributed by atoms with Crippen LogP contribution in [0.3, 0.4) is 0 Å². The number of hydrogen-bond donors (Lipinski definition) is 0. The third-order valence-corrected chi connectivity index (χ3v) is 2.82. The highest BCUT2D eigenvalue weighted by Gasteiger charge is 2.28. The van der Waals surface area contributed by atoms with Crippen LogP contribution < -0.4 is 0 Å². The van der Waals surface area contributed by atoms with Crippen LogP contribution in [0.2, 0.25) is 0 Å². The quantitative estimate of drug-likeness (QED) is 0.468. The molecule has 104 valence electrons. The van der Waals surface area contributed by atoms with E-state index >= 15 is 0 Å². The van der Waals surface area contributed by atoms with Gasteiger partial charge < -0.3 is 14.9 Å². The Morgan fingerprint density at radius 1 is 1.63 bits per heavy atom. The third kappa shape index (κ3) is 3.91. The Kier molecular flexibility index (Phi) is 5.28. The fourth-order valence-corrected chi connectivity index (χ4v) is 1.90. The van der Waals surface area contributed by atoms with E-state index in [9.17, 15) is 23.7 Å². The molecule has 0 aliphatic rings. The number of aromatic nitrogens is 1. The Bertz CT molecular complexity index is 511. The maximum Gasteiger partial charge on any atom is 0.365 e. The molecule has 0 saturated carbocycles. The van der Waals surface area contributed by atoms with Crippen LogP contribution in [0.1, 0.15) is 24.6 Å². The van der Waals surface area contributed by atoms with Crippen molar-refractivity contribution in [2.24, 2.45) is 0 Å². The average Bonchev–Trinajstić information content (AvgIpc) is 2.31. The number of carbonyl (C=O) groups is 1. The second-order valence-electron chi connectivity index (χ2n) is 3.37. The predicted octanol–water partition coefficient (Wildman–Crippen LogP) is 2.80. The highest BCUT2D eigenvalue weighted by molar-refractivity contribution is 9.10. The molecule has 0 saturated heterocycles. The largest absolute Gasteiger partial charge is 0.466 e. The minimum Gasteiger partial charge on any atom is -0.466 e. The number of ether oxygens (including phenoxy) is 1. The summed E-state index contributed by atoms with van der Waals surface area (Å²) in [6, 6.07) is 0.973. The first-order valence-corrected chi connectivity index (χ1v) is 5.93. The number of rotatable bonds is 5. The van der Waals surface area contributed by atoms with Gasteiger partial charge in [-0.2, -0.15) is 0 Å². The van der Waals surface area contributed by atoms with E-state index < -0.39 is 35.3 Å². The van der Waals surface area contributed by atoms with Crippen molar-refractivity contribution in [1.29, 1.82) is 0 Å². The summed E-state index contributed by atoms with van der Waals surface area (Å²) in [5.41, 5.74) is -0.909. The molecule has 6 nitrogen and oxygen atoms in total. The molecule has 0 atom stereocenters. The van der Waals surface area contributed by atoms with Gasteiger partial charge in [-0.1, -0.05) is 15.9 Å². The van der Waals surface area contributed by atoms with Gasteiger partial charge in [0.25, 0.3) is 0 Å². The lowest BCUT2D eigenvalue weighted by Crippen LogP contribution is -2.12. The second-order valence-corrected chi connectivity index (χ2v) is 4.22. The normalized spacial score (nSPS) is 10.6. The number of carbonyl (C=O) groups excluding carboxylic acids is 1. The van der Waals surface area contributed by atoms with Crippen LogP contribution in [0.15, 0.2) is 10.5 Å². The van der Waals surface area contributed by atoms with Crippen molar-refractivity contribution in [3.63, 3.8) is 0 Å². The summed E-state index contributed by atoms with van der Waals surface area (Å²) in [6.45, 7) is 1.69. The van der Waals surface area contributed by atoms with Crippen LogP contribution >= 0.6 is 15.9 Å². The molecule has 0 fully saturated rings.